The van der Waals surface area contributed by atoms with Crippen LogP contribution in [-0.2, 0) is 20.7 Å². The highest BCUT2D eigenvalue weighted by molar-refractivity contribution is 5.77. The molecule has 0 spiro atoms. The molecular formula is C16H23NO4. The second-order valence-electron chi connectivity index (χ2n) is 5.58. The van der Waals surface area contributed by atoms with Gasteiger partial charge in [0.2, 0.25) is 5.91 Å². The molecule has 0 fully saturated rings. The number of carboxylic acid groups (broad SMARTS) is 1. The zero-order valence-electron chi connectivity index (χ0n) is 12.6. The maximum atomic E-state index is 11.5. The molecule has 0 aliphatic rings. The molecule has 5 nitrogen and oxygen atoms in total. The van der Waals surface area contributed by atoms with Crippen LogP contribution < -0.4 is 5.32 Å². The Balaban J connectivity index is 2.10. The van der Waals surface area contributed by atoms with Crippen LogP contribution in [0.25, 0.3) is 0 Å². The quantitative estimate of drug-likeness (QED) is 0.681. The number of ether oxygens (including phenoxy) is 1. The van der Waals surface area contributed by atoms with Crippen molar-refractivity contribution in [3.05, 3.63) is 35.9 Å². The first-order valence-electron chi connectivity index (χ1n) is 7.03. The average Bonchev–Trinajstić information content (AvgIpc) is 2.44. The number of hydrogen-bond acceptors (Lipinski definition) is 3. The fourth-order valence-corrected chi connectivity index (χ4v) is 1.67. The SMILES string of the molecule is CC(C)(CCNC(=O)COCCc1ccccc1)C(=O)O. The maximum Gasteiger partial charge on any atom is 0.309 e. The van der Waals surface area contributed by atoms with Gasteiger partial charge in [0.1, 0.15) is 6.61 Å². The lowest BCUT2D eigenvalue weighted by Gasteiger charge is -2.18. The smallest absolute Gasteiger partial charge is 0.309 e. The molecule has 116 valence electrons. The Morgan fingerprint density at radius 3 is 2.52 bits per heavy atom. The molecule has 0 aliphatic carbocycles. The number of amides is 1. The van der Waals surface area contributed by atoms with Gasteiger partial charge in [0.05, 0.1) is 12.0 Å². The van der Waals surface area contributed by atoms with Gasteiger partial charge in [0, 0.05) is 6.54 Å². The first-order valence-corrected chi connectivity index (χ1v) is 7.03. The summed E-state index contributed by atoms with van der Waals surface area (Å²) in [6, 6.07) is 9.91. The van der Waals surface area contributed by atoms with Crippen LogP contribution in [0.1, 0.15) is 25.8 Å². The van der Waals surface area contributed by atoms with Gasteiger partial charge in [0.25, 0.3) is 0 Å². The molecule has 0 radical (unpaired) electrons. The zero-order chi connectivity index (χ0) is 15.7. The number of carboxylic acids is 1. The van der Waals surface area contributed by atoms with Crippen molar-refractivity contribution in [3.8, 4) is 0 Å². The number of aliphatic carboxylic acids is 1. The molecule has 2 N–H and O–H groups in total. The molecule has 0 heterocycles. The van der Waals surface area contributed by atoms with Crippen molar-refractivity contribution in [3.63, 3.8) is 0 Å². The van der Waals surface area contributed by atoms with E-state index in [0.717, 1.165) is 6.42 Å². The van der Waals surface area contributed by atoms with Gasteiger partial charge in [-0.05, 0) is 32.3 Å². The summed E-state index contributed by atoms with van der Waals surface area (Å²) in [6.45, 7) is 4.09. The van der Waals surface area contributed by atoms with Crippen molar-refractivity contribution in [2.24, 2.45) is 5.41 Å². The molecular weight excluding hydrogens is 270 g/mol. The minimum atomic E-state index is -0.865. The van der Waals surface area contributed by atoms with Gasteiger partial charge < -0.3 is 15.2 Å². The molecule has 0 bridgehead atoms. The highest BCUT2D eigenvalue weighted by atomic mass is 16.5. The molecule has 1 amide bonds. The van der Waals surface area contributed by atoms with Crippen molar-refractivity contribution in [2.75, 3.05) is 19.8 Å². The predicted octanol–water partition coefficient (Wildman–Crippen LogP) is 1.86. The highest BCUT2D eigenvalue weighted by Gasteiger charge is 2.26. The van der Waals surface area contributed by atoms with E-state index in [0.29, 0.717) is 19.6 Å². The van der Waals surface area contributed by atoms with Gasteiger partial charge in [-0.25, -0.2) is 0 Å². The van der Waals surface area contributed by atoms with E-state index in [1.165, 1.54) is 5.56 Å². The predicted molar refractivity (Wildman–Crippen MR) is 80.0 cm³/mol. The Labute approximate surface area is 125 Å². The van der Waals surface area contributed by atoms with E-state index in [2.05, 4.69) is 5.32 Å². The van der Waals surface area contributed by atoms with E-state index in [1.807, 2.05) is 30.3 Å². The molecule has 1 rings (SSSR count). The summed E-state index contributed by atoms with van der Waals surface area (Å²) in [4.78, 5) is 22.4. The Kier molecular flexibility index (Phi) is 6.88. The minimum Gasteiger partial charge on any atom is -0.481 e. The largest absolute Gasteiger partial charge is 0.481 e. The Bertz CT molecular complexity index is 457. The van der Waals surface area contributed by atoms with Gasteiger partial charge in [-0.15, -0.1) is 0 Å². The lowest BCUT2D eigenvalue weighted by Crippen LogP contribution is -2.33. The zero-order valence-corrected chi connectivity index (χ0v) is 12.6. The molecule has 0 atom stereocenters. The molecule has 0 saturated carbocycles. The molecule has 5 heteroatoms. The fraction of sp³-hybridized carbons (Fsp3) is 0.500. The monoisotopic (exact) mass is 293 g/mol. The number of benzene rings is 1. The highest BCUT2D eigenvalue weighted by Crippen LogP contribution is 2.19. The van der Waals surface area contributed by atoms with Crippen LogP contribution in [0.5, 0.6) is 0 Å². The lowest BCUT2D eigenvalue weighted by atomic mass is 9.90. The molecule has 0 saturated heterocycles. The van der Waals surface area contributed by atoms with E-state index in [4.69, 9.17) is 9.84 Å². The summed E-state index contributed by atoms with van der Waals surface area (Å²) in [5, 5.41) is 11.6. The van der Waals surface area contributed by atoms with Crippen LogP contribution in [0.2, 0.25) is 0 Å². The number of rotatable bonds is 9. The Hall–Kier alpha value is -1.88. The van der Waals surface area contributed by atoms with Gasteiger partial charge in [-0.3, -0.25) is 9.59 Å². The molecule has 0 aliphatic heterocycles. The van der Waals surface area contributed by atoms with E-state index >= 15 is 0 Å². The number of carbonyl (C=O) groups excluding carboxylic acids is 1. The van der Waals surface area contributed by atoms with Crippen LogP contribution in [0.4, 0.5) is 0 Å². The van der Waals surface area contributed by atoms with E-state index in [1.54, 1.807) is 13.8 Å². The summed E-state index contributed by atoms with van der Waals surface area (Å²) in [5.74, 6) is -1.08. The summed E-state index contributed by atoms with van der Waals surface area (Å²) < 4.78 is 5.30. The third-order valence-corrected chi connectivity index (χ3v) is 3.26. The first-order chi connectivity index (χ1) is 9.92. The average molecular weight is 293 g/mol. The van der Waals surface area contributed by atoms with Crippen LogP contribution in [-0.4, -0.2) is 36.7 Å². The lowest BCUT2D eigenvalue weighted by molar-refractivity contribution is -0.147. The summed E-state index contributed by atoms with van der Waals surface area (Å²) in [5.41, 5.74) is 0.336. The third kappa shape index (κ3) is 6.90. The van der Waals surface area contributed by atoms with Crippen molar-refractivity contribution in [1.82, 2.24) is 5.32 Å². The second-order valence-corrected chi connectivity index (χ2v) is 5.58. The van der Waals surface area contributed by atoms with Gasteiger partial charge >= 0.3 is 5.97 Å². The van der Waals surface area contributed by atoms with Crippen LogP contribution in [0.15, 0.2) is 30.3 Å². The minimum absolute atomic E-state index is 0.000331. The molecule has 1 aromatic rings. The van der Waals surface area contributed by atoms with Crippen LogP contribution in [0, 0.1) is 5.41 Å². The molecule has 0 unspecified atom stereocenters. The number of hydrogen-bond donors (Lipinski definition) is 2. The molecule has 1 aromatic carbocycles. The topological polar surface area (TPSA) is 75.6 Å². The normalized spacial score (nSPS) is 11.1. The summed E-state index contributed by atoms with van der Waals surface area (Å²) >= 11 is 0. The second kappa shape index (κ2) is 8.42. The van der Waals surface area contributed by atoms with Crippen molar-refractivity contribution in [2.45, 2.75) is 26.7 Å². The fourth-order valence-electron chi connectivity index (χ4n) is 1.67. The standard InChI is InChI=1S/C16H23NO4/c1-16(2,15(19)20)9-10-17-14(18)12-21-11-8-13-6-4-3-5-7-13/h3-7H,8-12H2,1-2H3,(H,17,18)(H,19,20). The van der Waals surface area contributed by atoms with Gasteiger partial charge in [-0.2, -0.15) is 0 Å². The van der Waals surface area contributed by atoms with Crippen molar-refractivity contribution in [1.29, 1.82) is 0 Å². The van der Waals surface area contributed by atoms with E-state index in [-0.39, 0.29) is 12.5 Å². The maximum absolute atomic E-state index is 11.5. The number of carbonyl (C=O) groups is 2. The van der Waals surface area contributed by atoms with Crippen LogP contribution >= 0.6 is 0 Å². The molecule has 0 aromatic heterocycles. The van der Waals surface area contributed by atoms with Crippen LogP contribution in [0.3, 0.4) is 0 Å². The summed E-state index contributed by atoms with van der Waals surface area (Å²) in [6.07, 6.45) is 1.15. The van der Waals surface area contributed by atoms with Crippen molar-refractivity contribution < 1.29 is 19.4 Å². The van der Waals surface area contributed by atoms with E-state index < -0.39 is 11.4 Å². The van der Waals surface area contributed by atoms with Gasteiger partial charge in [-0.1, -0.05) is 30.3 Å². The Morgan fingerprint density at radius 1 is 1.24 bits per heavy atom. The van der Waals surface area contributed by atoms with Crippen molar-refractivity contribution >= 4 is 11.9 Å². The Morgan fingerprint density at radius 2 is 1.90 bits per heavy atom. The van der Waals surface area contributed by atoms with Gasteiger partial charge in [0.15, 0.2) is 0 Å². The summed E-state index contributed by atoms with van der Waals surface area (Å²) in [7, 11) is 0. The van der Waals surface area contributed by atoms with E-state index in [9.17, 15) is 9.59 Å². The number of nitrogens with one attached hydrogen (secondary N) is 1. The first kappa shape index (κ1) is 17.2. The third-order valence-electron chi connectivity index (χ3n) is 3.26. The molecule has 21 heavy (non-hydrogen) atoms.